The van der Waals surface area contributed by atoms with Crippen molar-refractivity contribution < 1.29 is 0 Å². The number of hydrogen-bond donors (Lipinski definition) is 0. The predicted octanol–water partition coefficient (Wildman–Crippen LogP) is 12.6. The van der Waals surface area contributed by atoms with Crippen LogP contribution >= 0.6 is 11.3 Å². The minimum atomic E-state index is 1.14. The van der Waals surface area contributed by atoms with Crippen molar-refractivity contribution >= 4 is 49.3 Å². The average molecular weight is 608 g/mol. The van der Waals surface area contributed by atoms with E-state index in [2.05, 4.69) is 158 Å². The van der Waals surface area contributed by atoms with E-state index in [1.165, 1.54) is 92.5 Å². The van der Waals surface area contributed by atoms with Crippen LogP contribution in [0.25, 0.3) is 77.0 Å². The van der Waals surface area contributed by atoms with Crippen LogP contribution < -0.4 is 0 Å². The van der Waals surface area contributed by atoms with Crippen molar-refractivity contribution in [3.63, 3.8) is 0 Å². The summed E-state index contributed by atoms with van der Waals surface area (Å²) >= 11 is 1.94. The minimum absolute atomic E-state index is 1.14. The SMILES string of the molecule is Cc1ccccc1-c1cc(-c2ccc3c(c2)c2ccccc2n3-c2ccc(-c3cccc4c5c(sc34)C=CCC5)cc2)ccc1C. The standard InChI is InChI=1S/C44H33NS/c1-28-10-3-4-11-34(28)39-26-31(19-18-29(39)2)32-22-25-42-40(27-32)36-12-5-7-16-41(36)45(42)33-23-20-30(21-24-33)35-14-9-15-38-37-13-6-8-17-43(37)46-44(35)38/h3-5,7-12,14-27H,6,13H2,1-2H3. The lowest BCUT2D eigenvalue weighted by molar-refractivity contribution is 1.01. The Morgan fingerprint density at radius 1 is 0.543 bits per heavy atom. The van der Waals surface area contributed by atoms with Crippen molar-refractivity contribution in [2.75, 3.05) is 0 Å². The third kappa shape index (κ3) is 4.29. The number of rotatable bonds is 4. The highest BCUT2D eigenvalue weighted by atomic mass is 32.1. The number of nitrogens with zero attached hydrogens (tertiary/aromatic N) is 1. The molecule has 0 aliphatic heterocycles. The zero-order valence-corrected chi connectivity index (χ0v) is 26.9. The summed E-state index contributed by atoms with van der Waals surface area (Å²) in [7, 11) is 0. The van der Waals surface area contributed by atoms with Gasteiger partial charge in [0.25, 0.3) is 0 Å². The Hall–Kier alpha value is -5.18. The lowest BCUT2D eigenvalue weighted by Crippen LogP contribution is -1.94. The van der Waals surface area contributed by atoms with Gasteiger partial charge in [-0.15, -0.1) is 11.3 Å². The van der Waals surface area contributed by atoms with E-state index < -0.39 is 0 Å². The highest BCUT2D eigenvalue weighted by molar-refractivity contribution is 7.20. The van der Waals surface area contributed by atoms with Gasteiger partial charge in [0.1, 0.15) is 0 Å². The zero-order valence-electron chi connectivity index (χ0n) is 26.0. The molecule has 6 aromatic carbocycles. The lowest BCUT2D eigenvalue weighted by Gasteiger charge is -2.13. The second-order valence-electron chi connectivity index (χ2n) is 12.5. The summed E-state index contributed by atoms with van der Waals surface area (Å²) in [5.74, 6) is 0. The summed E-state index contributed by atoms with van der Waals surface area (Å²) < 4.78 is 3.82. The van der Waals surface area contributed by atoms with Crippen LogP contribution in [0.1, 0.15) is 28.0 Å². The van der Waals surface area contributed by atoms with Crippen LogP contribution in [-0.2, 0) is 6.42 Å². The Morgan fingerprint density at radius 3 is 2.13 bits per heavy atom. The van der Waals surface area contributed by atoms with Gasteiger partial charge in [0.05, 0.1) is 11.0 Å². The van der Waals surface area contributed by atoms with Crippen LogP contribution in [0.3, 0.4) is 0 Å². The topological polar surface area (TPSA) is 4.93 Å². The largest absolute Gasteiger partial charge is 0.309 e. The van der Waals surface area contributed by atoms with Crippen molar-refractivity contribution in [3.05, 3.63) is 155 Å². The van der Waals surface area contributed by atoms with Crippen molar-refractivity contribution in [1.82, 2.24) is 4.57 Å². The van der Waals surface area contributed by atoms with Crippen LogP contribution in [0.4, 0.5) is 0 Å². The highest BCUT2D eigenvalue weighted by Gasteiger charge is 2.17. The number of thiophene rings is 1. The summed E-state index contributed by atoms with van der Waals surface area (Å²) in [6, 6.07) is 47.3. The Labute approximate surface area is 273 Å². The fourth-order valence-corrected chi connectivity index (χ4v) is 8.73. The van der Waals surface area contributed by atoms with Crippen LogP contribution in [0, 0.1) is 13.8 Å². The summed E-state index contributed by atoms with van der Waals surface area (Å²) in [5, 5.41) is 3.97. The van der Waals surface area contributed by atoms with Gasteiger partial charge in [-0.25, -0.2) is 0 Å². The molecule has 2 heterocycles. The molecule has 1 aliphatic rings. The van der Waals surface area contributed by atoms with Gasteiger partial charge in [0, 0.05) is 26.0 Å². The maximum absolute atomic E-state index is 2.42. The average Bonchev–Trinajstić information content (AvgIpc) is 3.65. The maximum atomic E-state index is 2.42. The van der Waals surface area contributed by atoms with Crippen molar-refractivity contribution in [2.24, 2.45) is 0 Å². The third-order valence-corrected chi connectivity index (χ3v) is 11.0. The van der Waals surface area contributed by atoms with Crippen molar-refractivity contribution in [1.29, 1.82) is 0 Å². The number of allylic oxidation sites excluding steroid dienone is 1. The Kier molecular flexibility index (Phi) is 6.33. The molecule has 9 rings (SSSR count). The third-order valence-electron chi connectivity index (χ3n) is 9.80. The molecule has 1 nitrogen and oxygen atoms in total. The Morgan fingerprint density at radius 2 is 1.24 bits per heavy atom. The van der Waals surface area contributed by atoms with E-state index in [1.54, 1.807) is 0 Å². The molecule has 0 radical (unpaired) electrons. The van der Waals surface area contributed by atoms with Gasteiger partial charge in [0.15, 0.2) is 0 Å². The van der Waals surface area contributed by atoms with Gasteiger partial charge in [0.2, 0.25) is 0 Å². The minimum Gasteiger partial charge on any atom is -0.309 e. The molecule has 0 saturated heterocycles. The molecule has 2 heteroatoms. The first-order valence-electron chi connectivity index (χ1n) is 16.2. The molecule has 0 unspecified atom stereocenters. The smallest absolute Gasteiger partial charge is 0.0541 e. The number of hydrogen-bond acceptors (Lipinski definition) is 1. The monoisotopic (exact) mass is 607 g/mol. The van der Waals surface area contributed by atoms with Crippen LogP contribution in [0.2, 0.25) is 0 Å². The number of aromatic nitrogens is 1. The molecule has 220 valence electrons. The van der Waals surface area contributed by atoms with Gasteiger partial charge in [-0.3, -0.25) is 0 Å². The molecule has 46 heavy (non-hydrogen) atoms. The van der Waals surface area contributed by atoms with E-state index in [1.807, 2.05) is 11.3 Å². The predicted molar refractivity (Wildman–Crippen MR) is 199 cm³/mol. The quantitative estimate of drug-likeness (QED) is 0.188. The first-order valence-corrected chi connectivity index (χ1v) is 17.0. The van der Waals surface area contributed by atoms with Crippen LogP contribution in [0.15, 0.2) is 133 Å². The van der Waals surface area contributed by atoms with Crippen LogP contribution in [-0.4, -0.2) is 4.57 Å². The van der Waals surface area contributed by atoms with E-state index in [0.717, 1.165) is 12.8 Å². The van der Waals surface area contributed by atoms with E-state index in [9.17, 15) is 0 Å². The molecule has 2 aromatic heterocycles. The van der Waals surface area contributed by atoms with Gasteiger partial charge < -0.3 is 4.57 Å². The molecule has 0 N–H and O–H groups in total. The normalized spacial score (nSPS) is 12.7. The molecule has 0 bridgehead atoms. The van der Waals surface area contributed by atoms with E-state index in [4.69, 9.17) is 0 Å². The molecule has 0 amide bonds. The summed E-state index contributed by atoms with van der Waals surface area (Å²) in [5.41, 5.74) is 15.4. The summed E-state index contributed by atoms with van der Waals surface area (Å²) in [6.07, 6.45) is 6.90. The molecule has 0 saturated carbocycles. The van der Waals surface area contributed by atoms with Crippen LogP contribution in [0.5, 0.6) is 0 Å². The van der Waals surface area contributed by atoms with Crippen molar-refractivity contribution in [3.8, 4) is 39.1 Å². The van der Waals surface area contributed by atoms with Gasteiger partial charge >= 0.3 is 0 Å². The second-order valence-corrected chi connectivity index (χ2v) is 13.6. The summed E-state index contributed by atoms with van der Waals surface area (Å²) in [6.45, 7) is 4.40. The molecular weight excluding hydrogens is 575 g/mol. The number of aryl methyl sites for hydroxylation is 3. The molecule has 1 aliphatic carbocycles. The van der Waals surface area contributed by atoms with Gasteiger partial charge in [-0.2, -0.15) is 0 Å². The number of para-hydroxylation sites is 1. The van der Waals surface area contributed by atoms with Gasteiger partial charge in [-0.1, -0.05) is 97.1 Å². The molecular formula is C44H33NS. The fraction of sp³-hybridized carbons (Fsp3) is 0.0909. The number of benzene rings is 6. The van der Waals surface area contributed by atoms with E-state index >= 15 is 0 Å². The highest BCUT2D eigenvalue weighted by Crippen LogP contribution is 2.42. The zero-order chi connectivity index (χ0) is 30.8. The number of fused-ring (bicyclic) bond motifs is 6. The summed E-state index contributed by atoms with van der Waals surface area (Å²) in [4.78, 5) is 1.42. The lowest BCUT2D eigenvalue weighted by atomic mass is 9.92. The van der Waals surface area contributed by atoms with E-state index in [0.29, 0.717) is 0 Å². The first-order chi connectivity index (χ1) is 22.6. The van der Waals surface area contributed by atoms with Gasteiger partial charge in [-0.05, 0) is 125 Å². The Bertz CT molecular complexity index is 2490. The first kappa shape index (κ1) is 27.2. The maximum Gasteiger partial charge on any atom is 0.0541 e. The Balaban J connectivity index is 1.15. The molecule has 0 fully saturated rings. The van der Waals surface area contributed by atoms with E-state index in [-0.39, 0.29) is 0 Å². The molecule has 0 spiro atoms. The molecule has 8 aromatic rings. The second kappa shape index (κ2) is 10.7. The van der Waals surface area contributed by atoms with Crippen molar-refractivity contribution in [2.45, 2.75) is 26.7 Å². The fourth-order valence-electron chi connectivity index (χ4n) is 7.41. The molecule has 0 atom stereocenters.